The zero-order valence-corrected chi connectivity index (χ0v) is 18.8. The molecule has 0 atom stereocenters. The third-order valence-corrected chi connectivity index (χ3v) is 6.56. The zero-order chi connectivity index (χ0) is 21.9. The third kappa shape index (κ3) is 4.84. The summed E-state index contributed by atoms with van der Waals surface area (Å²) in [5.41, 5.74) is 4.78. The van der Waals surface area contributed by atoms with Gasteiger partial charge in [0.05, 0.1) is 11.4 Å². The second-order valence-electron chi connectivity index (χ2n) is 7.74. The van der Waals surface area contributed by atoms with Crippen LogP contribution in [0.5, 0.6) is 5.75 Å². The molecule has 0 fully saturated rings. The molecule has 0 aliphatic heterocycles. The topological polar surface area (TPSA) is 69.0 Å². The van der Waals surface area contributed by atoms with Crippen molar-refractivity contribution in [1.82, 2.24) is 14.8 Å². The number of hydrogen-bond acceptors (Lipinski definition) is 5. The van der Waals surface area contributed by atoms with Gasteiger partial charge in [-0.3, -0.25) is 10.1 Å². The number of aromatic nitrogens is 3. The van der Waals surface area contributed by atoms with Crippen LogP contribution in [-0.4, -0.2) is 20.7 Å². The summed E-state index contributed by atoms with van der Waals surface area (Å²) in [6, 6.07) is 15.7. The molecule has 0 unspecified atom stereocenters. The minimum atomic E-state index is -0.237. The van der Waals surface area contributed by atoms with Crippen LogP contribution in [0.25, 0.3) is 0 Å². The van der Waals surface area contributed by atoms with E-state index >= 15 is 0 Å². The number of halogens is 1. The lowest BCUT2D eigenvalue weighted by molar-refractivity contribution is 0.102. The molecule has 0 bridgehead atoms. The summed E-state index contributed by atoms with van der Waals surface area (Å²) in [4.78, 5) is 17.4. The first-order valence-corrected chi connectivity index (χ1v) is 11.7. The minimum absolute atomic E-state index is 0.237. The van der Waals surface area contributed by atoms with E-state index in [1.54, 1.807) is 11.0 Å². The smallest absolute Gasteiger partial charge is 0.268 e. The monoisotopic (exact) mass is 464 g/mol. The number of nitrogens with one attached hydrogen (secondary N) is 1. The number of anilines is 1. The molecule has 1 N–H and O–H groups in total. The van der Waals surface area contributed by atoms with E-state index in [0.29, 0.717) is 23.1 Å². The molecule has 4 aromatic rings. The van der Waals surface area contributed by atoms with E-state index < -0.39 is 0 Å². The van der Waals surface area contributed by atoms with Crippen LogP contribution < -0.4 is 10.1 Å². The van der Waals surface area contributed by atoms with Gasteiger partial charge in [-0.15, -0.1) is 16.4 Å². The molecule has 2 heterocycles. The number of fused-ring (bicyclic) bond motifs is 1. The Balaban J connectivity index is 1.17. The second-order valence-corrected chi connectivity index (χ2v) is 9.09. The summed E-state index contributed by atoms with van der Waals surface area (Å²) in [6.07, 6.45) is 5.08. The number of benzene rings is 2. The highest BCUT2D eigenvalue weighted by Gasteiger charge is 2.14. The molecule has 0 saturated heterocycles. The number of thiophene rings is 1. The van der Waals surface area contributed by atoms with Gasteiger partial charge in [-0.25, -0.2) is 9.67 Å². The number of nitrogens with zero attached hydrogens (tertiary/aromatic N) is 3. The molecule has 1 aliphatic carbocycles. The van der Waals surface area contributed by atoms with Gasteiger partial charge in [-0.2, -0.15) is 0 Å². The van der Waals surface area contributed by atoms with Crippen molar-refractivity contribution in [3.05, 3.63) is 92.4 Å². The molecular weight excluding hydrogens is 444 g/mol. The molecule has 8 heteroatoms. The Morgan fingerprint density at radius 2 is 2.03 bits per heavy atom. The zero-order valence-electron chi connectivity index (χ0n) is 17.3. The van der Waals surface area contributed by atoms with E-state index in [1.165, 1.54) is 28.9 Å². The molecule has 2 aromatic carbocycles. The van der Waals surface area contributed by atoms with E-state index in [0.717, 1.165) is 29.7 Å². The van der Waals surface area contributed by atoms with Gasteiger partial charge in [0.25, 0.3) is 5.91 Å². The van der Waals surface area contributed by atoms with Crippen molar-refractivity contribution in [3.63, 3.8) is 0 Å². The van der Waals surface area contributed by atoms with Gasteiger partial charge < -0.3 is 4.74 Å². The van der Waals surface area contributed by atoms with Gasteiger partial charge in [0.2, 0.25) is 5.95 Å². The summed E-state index contributed by atoms with van der Waals surface area (Å²) < 4.78 is 7.59. The van der Waals surface area contributed by atoms with E-state index in [2.05, 4.69) is 27.5 Å². The molecule has 32 heavy (non-hydrogen) atoms. The highest BCUT2D eigenvalue weighted by atomic mass is 35.5. The molecule has 1 aliphatic rings. The van der Waals surface area contributed by atoms with Crippen LogP contribution in [0.3, 0.4) is 0 Å². The average Bonchev–Trinajstić information content (AvgIpc) is 3.53. The first-order chi connectivity index (χ1) is 15.6. The number of aryl methyl sites for hydroxylation is 2. The molecule has 1 amide bonds. The number of carbonyl (C=O) groups is 1. The van der Waals surface area contributed by atoms with Crippen molar-refractivity contribution in [2.24, 2.45) is 0 Å². The number of amides is 1. The maximum Gasteiger partial charge on any atom is 0.268 e. The van der Waals surface area contributed by atoms with Crippen LogP contribution in [0.4, 0.5) is 5.95 Å². The van der Waals surface area contributed by atoms with Crippen LogP contribution in [0.15, 0.2) is 60.2 Å². The van der Waals surface area contributed by atoms with Gasteiger partial charge in [0.15, 0.2) is 0 Å². The fraction of sp³-hybridized carbons (Fsp3) is 0.208. The van der Waals surface area contributed by atoms with Gasteiger partial charge >= 0.3 is 0 Å². The van der Waals surface area contributed by atoms with Gasteiger partial charge in [-0.1, -0.05) is 29.8 Å². The van der Waals surface area contributed by atoms with Crippen LogP contribution >= 0.6 is 22.9 Å². The molecule has 6 nitrogen and oxygen atoms in total. The van der Waals surface area contributed by atoms with Gasteiger partial charge in [0, 0.05) is 10.6 Å². The number of hydrogen-bond donors (Lipinski definition) is 1. The Bertz CT molecular complexity index is 1270. The van der Waals surface area contributed by atoms with Crippen molar-refractivity contribution in [3.8, 4) is 5.75 Å². The minimum Gasteiger partial charge on any atom is -0.489 e. The van der Waals surface area contributed by atoms with E-state index in [1.807, 2.05) is 41.8 Å². The molecule has 5 rings (SSSR count). The number of ether oxygens (including phenoxy) is 1. The highest BCUT2D eigenvalue weighted by molar-refractivity contribution is 7.12. The predicted molar refractivity (Wildman–Crippen MR) is 126 cm³/mol. The van der Waals surface area contributed by atoms with Crippen molar-refractivity contribution in [2.45, 2.75) is 32.4 Å². The van der Waals surface area contributed by atoms with Crippen LogP contribution in [-0.2, 0) is 26.0 Å². The molecule has 0 saturated carbocycles. The van der Waals surface area contributed by atoms with Gasteiger partial charge in [0.1, 0.15) is 18.7 Å². The van der Waals surface area contributed by atoms with Crippen LogP contribution in [0.2, 0.25) is 5.02 Å². The quantitative estimate of drug-likeness (QED) is 0.399. The number of rotatable bonds is 7. The van der Waals surface area contributed by atoms with Gasteiger partial charge in [-0.05, 0) is 71.7 Å². The lowest BCUT2D eigenvalue weighted by atomic mass is 10.1. The molecular formula is C24H21ClN4O2S. The maximum absolute atomic E-state index is 12.6. The lowest BCUT2D eigenvalue weighted by Gasteiger charge is -2.07. The molecule has 0 radical (unpaired) electrons. The first-order valence-electron chi connectivity index (χ1n) is 10.4. The second kappa shape index (κ2) is 9.14. The average molecular weight is 465 g/mol. The molecule has 162 valence electrons. The summed E-state index contributed by atoms with van der Waals surface area (Å²) >= 11 is 7.40. The Kier molecular flexibility index (Phi) is 5.92. The Hall–Kier alpha value is -3.16. The molecule has 2 aromatic heterocycles. The van der Waals surface area contributed by atoms with Crippen molar-refractivity contribution in [2.75, 3.05) is 5.32 Å². The van der Waals surface area contributed by atoms with Crippen molar-refractivity contribution < 1.29 is 9.53 Å². The van der Waals surface area contributed by atoms with E-state index in [9.17, 15) is 4.79 Å². The normalized spacial score (nSPS) is 12.5. The van der Waals surface area contributed by atoms with Crippen LogP contribution in [0, 0.1) is 0 Å². The van der Waals surface area contributed by atoms with E-state index in [-0.39, 0.29) is 11.9 Å². The Morgan fingerprint density at radius 1 is 1.12 bits per heavy atom. The molecule has 0 spiro atoms. The summed E-state index contributed by atoms with van der Waals surface area (Å²) in [5.74, 6) is 0.901. The first kappa shape index (κ1) is 20.7. The Labute approximate surface area is 194 Å². The lowest BCUT2D eigenvalue weighted by Crippen LogP contribution is -2.12. The van der Waals surface area contributed by atoms with Crippen molar-refractivity contribution in [1.29, 1.82) is 0 Å². The fourth-order valence-corrected chi connectivity index (χ4v) is 4.79. The standard InChI is InChI=1S/C24H21ClN4O2S/c25-20-6-1-3-16(9-20)12-29-15-26-24(28-29)27-23(30)22-10-17(14-32-22)13-31-21-8-7-18-4-2-5-19(18)11-21/h1,3,6-11,14-15H,2,4-5,12-13H2,(H,27,28,30). The predicted octanol–water partition coefficient (Wildman–Crippen LogP) is 5.36. The fourth-order valence-electron chi connectivity index (χ4n) is 3.79. The SMILES string of the molecule is O=C(Nc1ncn(Cc2cccc(Cl)c2)n1)c1cc(COc2ccc3c(c2)CCC3)cs1. The van der Waals surface area contributed by atoms with Crippen molar-refractivity contribution >= 4 is 34.8 Å². The maximum atomic E-state index is 12.6. The number of carbonyl (C=O) groups excluding carboxylic acids is 1. The summed E-state index contributed by atoms with van der Waals surface area (Å²) in [6.45, 7) is 0.946. The largest absolute Gasteiger partial charge is 0.489 e. The van der Waals surface area contributed by atoms with E-state index in [4.69, 9.17) is 16.3 Å². The highest BCUT2D eigenvalue weighted by Crippen LogP contribution is 2.27. The third-order valence-electron chi connectivity index (χ3n) is 5.35. The Morgan fingerprint density at radius 3 is 2.94 bits per heavy atom. The van der Waals surface area contributed by atoms with Crippen LogP contribution in [0.1, 0.15) is 38.3 Å². The summed E-state index contributed by atoms with van der Waals surface area (Å²) in [7, 11) is 0. The summed E-state index contributed by atoms with van der Waals surface area (Å²) in [5, 5.41) is 9.68.